The molecule has 8 heteroatoms. The van der Waals surface area contributed by atoms with E-state index in [2.05, 4.69) is 20.5 Å². The van der Waals surface area contributed by atoms with Crippen molar-refractivity contribution in [2.75, 3.05) is 5.32 Å². The molecule has 3 heterocycles. The van der Waals surface area contributed by atoms with Gasteiger partial charge in [0.2, 0.25) is 5.91 Å². The highest BCUT2D eigenvalue weighted by molar-refractivity contribution is 5.91. The zero-order chi connectivity index (χ0) is 23.5. The summed E-state index contributed by atoms with van der Waals surface area (Å²) in [5.74, 6) is 1.97. The van der Waals surface area contributed by atoms with E-state index in [9.17, 15) is 9.18 Å². The van der Waals surface area contributed by atoms with E-state index in [-0.39, 0.29) is 18.1 Å². The van der Waals surface area contributed by atoms with E-state index in [1.54, 1.807) is 18.3 Å². The number of hydrogen-bond acceptors (Lipinski definition) is 5. The van der Waals surface area contributed by atoms with Gasteiger partial charge in [-0.15, -0.1) is 10.2 Å². The van der Waals surface area contributed by atoms with E-state index in [0.29, 0.717) is 35.1 Å². The van der Waals surface area contributed by atoms with Crippen molar-refractivity contribution in [1.29, 1.82) is 0 Å². The first-order valence-electron chi connectivity index (χ1n) is 11.6. The van der Waals surface area contributed by atoms with E-state index in [1.807, 2.05) is 35.8 Å². The lowest BCUT2D eigenvalue weighted by Gasteiger charge is -2.10. The molecular weight excluding hydrogens is 433 g/mol. The normalized spacial score (nSPS) is 13.4. The number of aryl methyl sites for hydroxylation is 3. The largest absolute Gasteiger partial charge is 0.441 e. The third kappa shape index (κ3) is 4.76. The lowest BCUT2D eigenvalue weighted by molar-refractivity contribution is -0.116. The Kier molecular flexibility index (Phi) is 6.20. The van der Waals surface area contributed by atoms with Gasteiger partial charge in [0.1, 0.15) is 11.6 Å². The summed E-state index contributed by atoms with van der Waals surface area (Å²) in [6.07, 6.45) is 6.28. The van der Waals surface area contributed by atoms with Crippen molar-refractivity contribution >= 4 is 11.6 Å². The Morgan fingerprint density at radius 3 is 2.82 bits per heavy atom. The number of carbonyl (C=O) groups is 1. The first-order chi connectivity index (χ1) is 16.6. The van der Waals surface area contributed by atoms with Crippen LogP contribution in [0, 0.1) is 12.7 Å². The van der Waals surface area contributed by atoms with Crippen LogP contribution in [-0.2, 0) is 24.2 Å². The van der Waals surface area contributed by atoms with Crippen LogP contribution in [0.1, 0.15) is 43.0 Å². The molecule has 2 aromatic heterocycles. The van der Waals surface area contributed by atoms with Gasteiger partial charge < -0.3 is 14.3 Å². The smallest absolute Gasteiger partial charge is 0.224 e. The Morgan fingerprint density at radius 2 is 1.97 bits per heavy atom. The van der Waals surface area contributed by atoms with Crippen molar-refractivity contribution in [3.8, 4) is 22.7 Å². The Balaban J connectivity index is 1.24. The van der Waals surface area contributed by atoms with Crippen LogP contribution >= 0.6 is 0 Å². The molecule has 0 bridgehead atoms. The fourth-order valence-electron chi connectivity index (χ4n) is 4.18. The van der Waals surface area contributed by atoms with Gasteiger partial charge in [-0.2, -0.15) is 0 Å². The molecule has 0 saturated carbocycles. The summed E-state index contributed by atoms with van der Waals surface area (Å²) in [6.45, 7) is 2.80. The van der Waals surface area contributed by atoms with Crippen LogP contribution in [0.5, 0.6) is 0 Å². The fraction of sp³-hybridized carbons (Fsp3) is 0.308. The predicted octanol–water partition coefficient (Wildman–Crippen LogP) is 5.35. The molecule has 1 amide bonds. The fourth-order valence-corrected chi connectivity index (χ4v) is 4.18. The number of nitrogens with zero attached hydrogens (tertiary/aromatic N) is 4. The molecule has 7 nitrogen and oxygen atoms in total. The second-order valence-corrected chi connectivity index (χ2v) is 8.63. The van der Waals surface area contributed by atoms with Gasteiger partial charge in [0, 0.05) is 37.1 Å². The Morgan fingerprint density at radius 1 is 1.12 bits per heavy atom. The summed E-state index contributed by atoms with van der Waals surface area (Å²) < 4.78 is 22.5. The maximum atomic E-state index is 14.7. The van der Waals surface area contributed by atoms with Crippen molar-refractivity contribution in [2.24, 2.45) is 0 Å². The van der Waals surface area contributed by atoms with Crippen molar-refractivity contribution in [3.05, 3.63) is 71.8 Å². The third-order valence-electron chi connectivity index (χ3n) is 6.06. The lowest BCUT2D eigenvalue weighted by Crippen LogP contribution is -2.13. The third-order valence-corrected chi connectivity index (χ3v) is 6.06. The maximum Gasteiger partial charge on any atom is 0.224 e. The molecule has 174 valence electrons. The van der Waals surface area contributed by atoms with E-state index < -0.39 is 0 Å². The average molecular weight is 460 g/mol. The number of fused-ring (bicyclic) bond motifs is 1. The molecule has 1 aliphatic rings. The molecule has 0 atom stereocenters. The van der Waals surface area contributed by atoms with Crippen LogP contribution in [0.15, 0.2) is 53.1 Å². The highest BCUT2D eigenvalue weighted by Gasteiger charge is 2.19. The van der Waals surface area contributed by atoms with Crippen LogP contribution in [0.3, 0.4) is 0 Å². The van der Waals surface area contributed by atoms with Crippen LogP contribution in [0.4, 0.5) is 10.1 Å². The number of benzene rings is 2. The van der Waals surface area contributed by atoms with Crippen molar-refractivity contribution in [3.63, 3.8) is 0 Å². The molecule has 2 aromatic carbocycles. The second kappa shape index (κ2) is 9.59. The summed E-state index contributed by atoms with van der Waals surface area (Å²) in [4.78, 5) is 16.8. The lowest BCUT2D eigenvalue weighted by atomic mass is 10.1. The number of nitrogens with one attached hydrogen (secondary N) is 1. The molecule has 0 radical (unpaired) electrons. The van der Waals surface area contributed by atoms with E-state index in [0.717, 1.165) is 43.6 Å². The molecule has 34 heavy (non-hydrogen) atoms. The average Bonchev–Trinajstić information content (AvgIpc) is 3.40. The molecule has 0 saturated heterocycles. The molecule has 1 aliphatic heterocycles. The Labute approximate surface area is 197 Å². The van der Waals surface area contributed by atoms with E-state index >= 15 is 0 Å². The van der Waals surface area contributed by atoms with Gasteiger partial charge in [-0.3, -0.25) is 4.79 Å². The molecule has 1 N–H and O–H groups in total. The number of halogens is 1. The summed E-state index contributed by atoms with van der Waals surface area (Å²) >= 11 is 0. The van der Waals surface area contributed by atoms with Gasteiger partial charge in [-0.1, -0.05) is 36.2 Å². The van der Waals surface area contributed by atoms with Gasteiger partial charge in [-0.25, -0.2) is 9.37 Å². The summed E-state index contributed by atoms with van der Waals surface area (Å²) in [5, 5.41) is 11.3. The number of amides is 1. The minimum absolute atomic E-state index is 0.195. The van der Waals surface area contributed by atoms with E-state index in [1.165, 1.54) is 11.6 Å². The zero-order valence-corrected chi connectivity index (χ0v) is 19.1. The van der Waals surface area contributed by atoms with Gasteiger partial charge >= 0.3 is 0 Å². The molecule has 0 spiro atoms. The molecule has 0 unspecified atom stereocenters. The standard InChI is InChI=1S/C26H26FN5O2/c1-17-6-8-18(9-7-17)22-16-28-25(34-22)13-12-24(33)29-19-10-11-21(27)20(15-19)26-31-30-23-5-3-2-4-14-32(23)26/h6-11,15-16H,2-5,12-14H2,1H3,(H,29,33). The van der Waals surface area contributed by atoms with Crippen LogP contribution in [0.25, 0.3) is 22.7 Å². The highest BCUT2D eigenvalue weighted by atomic mass is 19.1. The van der Waals surface area contributed by atoms with Crippen LogP contribution < -0.4 is 5.32 Å². The predicted molar refractivity (Wildman–Crippen MR) is 127 cm³/mol. The SMILES string of the molecule is Cc1ccc(-c2cnc(CCC(=O)Nc3ccc(F)c(-c4nnc5n4CCCCC5)c3)o2)cc1. The number of carbonyl (C=O) groups excluding carboxylic acids is 1. The first kappa shape index (κ1) is 22.0. The van der Waals surface area contributed by atoms with Crippen molar-refractivity contribution < 1.29 is 13.6 Å². The van der Waals surface area contributed by atoms with Crippen LogP contribution in [-0.4, -0.2) is 25.7 Å². The van der Waals surface area contributed by atoms with Gasteiger partial charge in [0.15, 0.2) is 17.5 Å². The minimum atomic E-state index is -0.388. The Hall–Kier alpha value is -3.81. The number of anilines is 1. The van der Waals surface area contributed by atoms with Crippen molar-refractivity contribution in [1.82, 2.24) is 19.7 Å². The number of aromatic nitrogens is 4. The second-order valence-electron chi connectivity index (χ2n) is 8.63. The maximum absolute atomic E-state index is 14.7. The van der Waals surface area contributed by atoms with Gasteiger partial charge in [-0.05, 0) is 38.0 Å². The van der Waals surface area contributed by atoms with Crippen molar-refractivity contribution in [2.45, 2.75) is 52.0 Å². The van der Waals surface area contributed by atoms with E-state index in [4.69, 9.17) is 4.42 Å². The summed E-state index contributed by atoms with van der Waals surface area (Å²) in [6, 6.07) is 12.5. The zero-order valence-electron chi connectivity index (χ0n) is 19.1. The van der Waals surface area contributed by atoms with Gasteiger partial charge in [0.05, 0.1) is 11.8 Å². The molecule has 4 aromatic rings. The molecule has 0 aliphatic carbocycles. The first-order valence-corrected chi connectivity index (χ1v) is 11.6. The Bertz CT molecular complexity index is 1310. The molecule has 0 fully saturated rings. The number of oxazole rings is 1. The topological polar surface area (TPSA) is 85.8 Å². The monoisotopic (exact) mass is 459 g/mol. The summed E-state index contributed by atoms with van der Waals surface area (Å²) in [7, 11) is 0. The number of hydrogen-bond donors (Lipinski definition) is 1. The highest BCUT2D eigenvalue weighted by Crippen LogP contribution is 2.28. The minimum Gasteiger partial charge on any atom is -0.441 e. The molecule has 5 rings (SSSR count). The number of rotatable bonds is 6. The van der Waals surface area contributed by atoms with Gasteiger partial charge in [0.25, 0.3) is 0 Å². The molecular formula is C26H26FN5O2. The quantitative estimate of drug-likeness (QED) is 0.420. The summed E-state index contributed by atoms with van der Waals surface area (Å²) in [5.41, 5.74) is 2.97. The van der Waals surface area contributed by atoms with Crippen LogP contribution in [0.2, 0.25) is 0 Å².